The van der Waals surface area contributed by atoms with Gasteiger partial charge in [0.15, 0.2) is 6.29 Å². The molecule has 0 aliphatic heterocycles. The van der Waals surface area contributed by atoms with Crippen molar-refractivity contribution in [2.45, 2.75) is 25.2 Å². The minimum absolute atomic E-state index is 0.270. The largest absolute Gasteiger partial charge is 0.378 e. The van der Waals surface area contributed by atoms with E-state index in [1.165, 1.54) is 0 Å². The fourth-order valence-electron chi connectivity index (χ4n) is 1.70. The molecule has 0 bridgehead atoms. The van der Waals surface area contributed by atoms with Crippen LogP contribution in [0.25, 0.3) is 0 Å². The van der Waals surface area contributed by atoms with Crippen LogP contribution in [0, 0.1) is 0 Å². The normalized spacial score (nSPS) is 14.6. The average Bonchev–Trinajstić information content (AvgIpc) is 2.39. The van der Waals surface area contributed by atoms with Gasteiger partial charge in [-0.3, -0.25) is 0 Å². The first-order valence-electron chi connectivity index (χ1n) is 5.83. The fraction of sp³-hybridized carbons (Fsp3) is 0.538. The Balaban J connectivity index is 2.79. The number of nitrogens with one attached hydrogen (secondary N) is 1. The number of rotatable bonds is 7. The van der Waals surface area contributed by atoms with Gasteiger partial charge in [0.05, 0.1) is 5.54 Å². The number of hydrogen-bond donors (Lipinski definition) is 2. The molecule has 0 amide bonds. The Morgan fingerprint density at radius 1 is 1.33 bits per heavy atom. The Bertz CT molecular complexity index is 372. The molecule has 0 aromatic heterocycles. The number of ether oxygens (including phenoxy) is 2. The summed E-state index contributed by atoms with van der Waals surface area (Å²) in [6.45, 7) is 2.54. The second kappa shape index (κ2) is 7.09. The Labute approximate surface area is 117 Å². The van der Waals surface area contributed by atoms with E-state index < -0.39 is 0 Å². The molecule has 1 atom stereocenters. The lowest BCUT2D eigenvalue weighted by atomic mass is 9.97. The van der Waals surface area contributed by atoms with Crippen molar-refractivity contribution in [1.29, 1.82) is 0 Å². The quantitative estimate of drug-likeness (QED) is 0.759. The van der Waals surface area contributed by atoms with Gasteiger partial charge in [-0.05, 0) is 35.0 Å². The van der Waals surface area contributed by atoms with Crippen LogP contribution in [0.5, 0.6) is 0 Å². The summed E-state index contributed by atoms with van der Waals surface area (Å²) in [5.74, 6) is 0. The molecule has 1 aromatic carbocycles. The van der Waals surface area contributed by atoms with Crippen molar-refractivity contribution >= 4 is 21.6 Å². The zero-order valence-corrected chi connectivity index (χ0v) is 12.7. The maximum atomic E-state index is 5.87. The molecule has 102 valence electrons. The number of benzene rings is 1. The number of methoxy groups -OCH3 is 2. The first-order valence-corrected chi connectivity index (χ1v) is 6.62. The molecule has 3 N–H and O–H groups in total. The highest BCUT2D eigenvalue weighted by Gasteiger charge is 2.27. The number of para-hydroxylation sites is 1. The van der Waals surface area contributed by atoms with E-state index in [1.54, 1.807) is 14.2 Å². The lowest BCUT2D eigenvalue weighted by Gasteiger charge is -2.33. The van der Waals surface area contributed by atoms with Crippen LogP contribution < -0.4 is 11.1 Å². The minimum Gasteiger partial charge on any atom is -0.378 e. The van der Waals surface area contributed by atoms with Crippen molar-refractivity contribution < 1.29 is 9.47 Å². The molecular weight excluding hydrogens is 296 g/mol. The van der Waals surface area contributed by atoms with Gasteiger partial charge in [-0.1, -0.05) is 12.1 Å². The molecular formula is C13H21BrN2O2. The molecule has 1 aromatic rings. The first-order chi connectivity index (χ1) is 8.54. The monoisotopic (exact) mass is 316 g/mol. The molecule has 0 saturated heterocycles. The molecule has 0 saturated carbocycles. The molecule has 0 aliphatic rings. The van der Waals surface area contributed by atoms with Crippen molar-refractivity contribution in [1.82, 2.24) is 0 Å². The molecule has 1 rings (SSSR count). The highest BCUT2D eigenvalue weighted by molar-refractivity contribution is 9.10. The van der Waals surface area contributed by atoms with Crippen LogP contribution in [0.2, 0.25) is 0 Å². The standard InChI is InChI=1S/C13H21BrN2O2/c1-13(9-15,8-12(17-2)18-3)16-11-7-5-4-6-10(11)14/h4-7,12,16H,8-9,15H2,1-3H3. The lowest BCUT2D eigenvalue weighted by Crippen LogP contribution is -2.46. The summed E-state index contributed by atoms with van der Waals surface area (Å²) in [4.78, 5) is 0. The van der Waals surface area contributed by atoms with Crippen LogP contribution in [0.3, 0.4) is 0 Å². The first kappa shape index (κ1) is 15.4. The van der Waals surface area contributed by atoms with E-state index in [4.69, 9.17) is 15.2 Å². The van der Waals surface area contributed by atoms with Gasteiger partial charge in [0, 0.05) is 37.3 Å². The van der Waals surface area contributed by atoms with Crippen LogP contribution in [0.1, 0.15) is 13.3 Å². The van der Waals surface area contributed by atoms with Gasteiger partial charge in [0.2, 0.25) is 0 Å². The van der Waals surface area contributed by atoms with E-state index in [0.717, 1.165) is 10.2 Å². The van der Waals surface area contributed by atoms with Gasteiger partial charge in [-0.2, -0.15) is 0 Å². The molecule has 0 heterocycles. The SMILES string of the molecule is COC(CC(C)(CN)Nc1ccccc1Br)OC. The van der Waals surface area contributed by atoms with E-state index in [1.807, 2.05) is 24.3 Å². The summed E-state index contributed by atoms with van der Waals surface area (Å²) in [6.07, 6.45) is 0.395. The predicted octanol–water partition coefficient (Wildman–Crippen LogP) is 2.59. The Morgan fingerprint density at radius 3 is 2.44 bits per heavy atom. The van der Waals surface area contributed by atoms with Gasteiger partial charge in [0.1, 0.15) is 0 Å². The zero-order chi connectivity index (χ0) is 13.6. The van der Waals surface area contributed by atoms with Crippen molar-refractivity contribution in [3.05, 3.63) is 28.7 Å². The maximum Gasteiger partial charge on any atom is 0.159 e. The van der Waals surface area contributed by atoms with Crippen molar-refractivity contribution in [2.75, 3.05) is 26.1 Å². The molecule has 0 aliphatic carbocycles. The summed E-state index contributed by atoms with van der Waals surface area (Å²) in [5.41, 5.74) is 6.59. The molecule has 0 radical (unpaired) electrons. The van der Waals surface area contributed by atoms with E-state index in [9.17, 15) is 0 Å². The third kappa shape index (κ3) is 4.24. The van der Waals surface area contributed by atoms with Crippen LogP contribution in [0.4, 0.5) is 5.69 Å². The lowest BCUT2D eigenvalue weighted by molar-refractivity contribution is -0.113. The third-order valence-corrected chi connectivity index (χ3v) is 3.60. The minimum atomic E-state index is -0.291. The van der Waals surface area contributed by atoms with Gasteiger partial charge in [0.25, 0.3) is 0 Å². The highest BCUT2D eigenvalue weighted by atomic mass is 79.9. The molecule has 18 heavy (non-hydrogen) atoms. The predicted molar refractivity (Wildman–Crippen MR) is 77.6 cm³/mol. The van der Waals surface area contributed by atoms with Crippen molar-refractivity contribution in [2.24, 2.45) is 5.73 Å². The molecule has 4 nitrogen and oxygen atoms in total. The smallest absolute Gasteiger partial charge is 0.159 e. The second-order valence-electron chi connectivity index (χ2n) is 4.47. The van der Waals surface area contributed by atoms with Crippen molar-refractivity contribution in [3.63, 3.8) is 0 Å². The Kier molecular flexibility index (Phi) is 6.08. The number of anilines is 1. The van der Waals surface area contributed by atoms with E-state index in [0.29, 0.717) is 13.0 Å². The summed E-state index contributed by atoms with van der Waals surface area (Å²) in [6, 6.07) is 7.95. The van der Waals surface area contributed by atoms with E-state index >= 15 is 0 Å². The second-order valence-corrected chi connectivity index (χ2v) is 5.33. The average molecular weight is 317 g/mol. The van der Waals surface area contributed by atoms with Crippen LogP contribution in [-0.4, -0.2) is 32.6 Å². The van der Waals surface area contributed by atoms with Crippen LogP contribution in [-0.2, 0) is 9.47 Å². The number of halogens is 1. The summed E-state index contributed by atoms with van der Waals surface area (Å²) in [5, 5.41) is 3.44. The van der Waals surface area contributed by atoms with Crippen LogP contribution in [0.15, 0.2) is 28.7 Å². The zero-order valence-electron chi connectivity index (χ0n) is 11.1. The molecule has 0 spiro atoms. The van der Waals surface area contributed by atoms with Gasteiger partial charge >= 0.3 is 0 Å². The summed E-state index contributed by atoms with van der Waals surface area (Å²) >= 11 is 3.51. The third-order valence-electron chi connectivity index (χ3n) is 2.90. The van der Waals surface area contributed by atoms with Gasteiger partial charge in [-0.15, -0.1) is 0 Å². The molecule has 5 heteroatoms. The molecule has 1 unspecified atom stereocenters. The topological polar surface area (TPSA) is 56.5 Å². The van der Waals surface area contributed by atoms with Gasteiger partial charge in [-0.25, -0.2) is 0 Å². The summed E-state index contributed by atoms with van der Waals surface area (Å²) in [7, 11) is 3.26. The maximum absolute atomic E-state index is 5.87. The highest BCUT2D eigenvalue weighted by Crippen LogP contribution is 2.27. The Hall–Kier alpha value is -0.620. The number of hydrogen-bond acceptors (Lipinski definition) is 4. The van der Waals surface area contributed by atoms with E-state index in [2.05, 4.69) is 28.2 Å². The van der Waals surface area contributed by atoms with E-state index in [-0.39, 0.29) is 11.8 Å². The van der Waals surface area contributed by atoms with Crippen molar-refractivity contribution in [3.8, 4) is 0 Å². The van der Waals surface area contributed by atoms with Gasteiger partial charge < -0.3 is 20.5 Å². The Morgan fingerprint density at radius 2 is 1.94 bits per heavy atom. The fourth-order valence-corrected chi connectivity index (χ4v) is 2.09. The summed E-state index contributed by atoms with van der Waals surface area (Å²) < 4.78 is 11.5. The van der Waals surface area contributed by atoms with Crippen LogP contribution >= 0.6 is 15.9 Å². The number of nitrogens with two attached hydrogens (primary N) is 1. The molecule has 0 fully saturated rings.